The van der Waals surface area contributed by atoms with Crippen LogP contribution in [-0.2, 0) is 20.5 Å². The number of carbonyl (C=O) groups excluding carboxylic acids is 3. The average molecular weight is 358 g/mol. The van der Waals surface area contributed by atoms with E-state index in [1.54, 1.807) is 13.8 Å². The van der Waals surface area contributed by atoms with E-state index in [0.717, 1.165) is 18.2 Å². The molecule has 0 radical (unpaired) electrons. The monoisotopic (exact) mass is 358 g/mol. The van der Waals surface area contributed by atoms with E-state index >= 15 is 0 Å². The molecular formula is C16H17F3N2O4. The molecule has 0 aliphatic carbocycles. The molecule has 0 bridgehead atoms. The third-order valence-electron chi connectivity index (χ3n) is 3.00. The van der Waals surface area contributed by atoms with Crippen molar-refractivity contribution in [3.63, 3.8) is 0 Å². The summed E-state index contributed by atoms with van der Waals surface area (Å²) in [6.07, 6.45) is -3.47. The largest absolute Gasteiger partial charge is 0.449 e. The lowest BCUT2D eigenvalue weighted by Crippen LogP contribution is -2.45. The van der Waals surface area contributed by atoms with E-state index in [0.29, 0.717) is 5.56 Å². The number of rotatable bonds is 5. The van der Waals surface area contributed by atoms with Gasteiger partial charge >= 0.3 is 18.2 Å². The number of hydrogen-bond acceptors (Lipinski definition) is 4. The number of imide groups is 1. The van der Waals surface area contributed by atoms with Gasteiger partial charge in [-0.3, -0.25) is 10.1 Å². The van der Waals surface area contributed by atoms with Gasteiger partial charge in [-0.25, -0.2) is 9.59 Å². The molecule has 0 saturated heterocycles. The minimum absolute atomic E-state index is 0.340. The maximum atomic E-state index is 12.5. The molecule has 1 aromatic rings. The molecule has 3 N–H and O–H groups in total. The molecule has 1 aromatic carbocycles. The first kappa shape index (κ1) is 20.2. The quantitative estimate of drug-likeness (QED) is 0.624. The number of alkyl halides is 3. The van der Waals surface area contributed by atoms with E-state index in [2.05, 4.69) is 0 Å². The summed E-state index contributed by atoms with van der Waals surface area (Å²) in [6, 6.07) is 3.05. The normalized spacial score (nSPS) is 12.9. The van der Waals surface area contributed by atoms with E-state index in [-0.39, 0.29) is 0 Å². The number of hydrogen-bond donors (Lipinski definition) is 2. The number of amides is 3. The maximum Gasteiger partial charge on any atom is 0.416 e. The number of halogens is 3. The highest BCUT2D eigenvalue weighted by Crippen LogP contribution is 2.29. The van der Waals surface area contributed by atoms with Gasteiger partial charge in [-0.05, 0) is 29.7 Å². The van der Waals surface area contributed by atoms with Crippen LogP contribution in [0.1, 0.15) is 25.0 Å². The Morgan fingerprint density at radius 1 is 1.16 bits per heavy atom. The molecule has 0 aliphatic heterocycles. The van der Waals surface area contributed by atoms with Crippen LogP contribution < -0.4 is 11.1 Å². The summed E-state index contributed by atoms with van der Waals surface area (Å²) >= 11 is 0. The predicted molar refractivity (Wildman–Crippen MR) is 82.9 cm³/mol. The second-order valence-corrected chi connectivity index (χ2v) is 5.41. The third-order valence-corrected chi connectivity index (χ3v) is 3.00. The Balaban J connectivity index is 2.75. The fraction of sp³-hybridized carbons (Fsp3) is 0.312. The molecule has 1 unspecified atom stereocenters. The maximum absolute atomic E-state index is 12.5. The first-order valence-electron chi connectivity index (χ1n) is 7.17. The van der Waals surface area contributed by atoms with Crippen LogP contribution in [0.3, 0.4) is 0 Å². The van der Waals surface area contributed by atoms with Crippen LogP contribution in [0.15, 0.2) is 30.3 Å². The molecule has 0 heterocycles. The third kappa shape index (κ3) is 6.66. The minimum Gasteiger partial charge on any atom is -0.449 e. The number of urea groups is 1. The van der Waals surface area contributed by atoms with Gasteiger partial charge in [0.25, 0.3) is 5.91 Å². The van der Waals surface area contributed by atoms with E-state index in [4.69, 9.17) is 10.5 Å². The van der Waals surface area contributed by atoms with Crippen molar-refractivity contribution in [2.75, 3.05) is 0 Å². The first-order chi connectivity index (χ1) is 11.5. The molecule has 6 nitrogen and oxygen atoms in total. The van der Waals surface area contributed by atoms with E-state index in [1.807, 2.05) is 5.32 Å². The molecule has 3 amide bonds. The van der Waals surface area contributed by atoms with Crippen molar-refractivity contribution in [1.82, 2.24) is 5.32 Å². The second kappa shape index (κ2) is 8.32. The SMILES string of the molecule is CC(C)C(OC(=O)/C=C/c1ccc(C(F)(F)F)cc1)C(=O)NC(N)=O. The van der Waals surface area contributed by atoms with Crippen LogP contribution in [0, 0.1) is 5.92 Å². The van der Waals surface area contributed by atoms with Crippen LogP contribution in [0.5, 0.6) is 0 Å². The summed E-state index contributed by atoms with van der Waals surface area (Å²) in [7, 11) is 0. The topological polar surface area (TPSA) is 98.5 Å². The molecule has 0 saturated carbocycles. The molecule has 0 aromatic heterocycles. The van der Waals surface area contributed by atoms with Crippen LogP contribution in [0.25, 0.3) is 6.08 Å². The van der Waals surface area contributed by atoms with Crippen LogP contribution in [-0.4, -0.2) is 24.0 Å². The standard InChI is InChI=1S/C16H17F3N2O4/c1-9(2)13(14(23)21-15(20)24)25-12(22)8-5-10-3-6-11(7-4-10)16(17,18)19/h3-9,13H,1-2H3,(H3,20,21,23,24)/b8-5+. The minimum atomic E-state index is -4.44. The highest BCUT2D eigenvalue weighted by molar-refractivity contribution is 5.97. The lowest BCUT2D eigenvalue weighted by molar-refractivity contribution is -0.153. The van der Waals surface area contributed by atoms with Crippen LogP contribution in [0.4, 0.5) is 18.0 Å². The number of primary amides is 1. The Kier molecular flexibility index (Phi) is 6.72. The average Bonchev–Trinajstić information content (AvgIpc) is 2.49. The number of carbonyl (C=O) groups is 3. The molecule has 0 fully saturated rings. The van der Waals surface area contributed by atoms with Gasteiger partial charge in [0.05, 0.1) is 5.56 Å². The highest BCUT2D eigenvalue weighted by atomic mass is 19.4. The highest BCUT2D eigenvalue weighted by Gasteiger charge is 2.30. The van der Waals surface area contributed by atoms with Crippen molar-refractivity contribution in [2.24, 2.45) is 11.7 Å². The smallest absolute Gasteiger partial charge is 0.416 e. The van der Waals surface area contributed by atoms with E-state index < -0.39 is 41.7 Å². The van der Waals surface area contributed by atoms with Crippen molar-refractivity contribution in [2.45, 2.75) is 26.1 Å². The number of benzene rings is 1. The van der Waals surface area contributed by atoms with Gasteiger partial charge in [0, 0.05) is 6.08 Å². The van der Waals surface area contributed by atoms with Crippen molar-refractivity contribution < 1.29 is 32.3 Å². The number of ether oxygens (including phenoxy) is 1. The fourth-order valence-electron chi connectivity index (χ4n) is 1.80. The Morgan fingerprint density at radius 3 is 2.16 bits per heavy atom. The summed E-state index contributed by atoms with van der Waals surface area (Å²) in [6.45, 7) is 3.19. The molecule has 9 heteroatoms. The molecular weight excluding hydrogens is 341 g/mol. The summed E-state index contributed by atoms with van der Waals surface area (Å²) in [4.78, 5) is 34.2. The lowest BCUT2D eigenvalue weighted by atomic mass is 10.1. The summed E-state index contributed by atoms with van der Waals surface area (Å²) in [5.74, 6) is -2.18. The predicted octanol–water partition coefficient (Wildman–Crippen LogP) is 2.48. The van der Waals surface area contributed by atoms with Gasteiger partial charge in [-0.15, -0.1) is 0 Å². The molecule has 1 rings (SSSR count). The summed E-state index contributed by atoms with van der Waals surface area (Å²) in [5, 5.41) is 1.82. The second-order valence-electron chi connectivity index (χ2n) is 5.41. The number of nitrogens with one attached hydrogen (secondary N) is 1. The van der Waals surface area contributed by atoms with Crippen LogP contribution >= 0.6 is 0 Å². The van der Waals surface area contributed by atoms with Gasteiger partial charge < -0.3 is 10.5 Å². The van der Waals surface area contributed by atoms with Gasteiger partial charge in [-0.2, -0.15) is 13.2 Å². The Morgan fingerprint density at radius 2 is 1.72 bits per heavy atom. The zero-order valence-corrected chi connectivity index (χ0v) is 13.5. The Bertz CT molecular complexity index is 667. The number of nitrogens with two attached hydrogens (primary N) is 1. The van der Waals surface area contributed by atoms with E-state index in [1.165, 1.54) is 18.2 Å². The van der Waals surface area contributed by atoms with Crippen molar-refractivity contribution >= 4 is 24.0 Å². The Hall–Kier alpha value is -2.84. The molecule has 0 aliphatic rings. The lowest BCUT2D eigenvalue weighted by Gasteiger charge is -2.18. The van der Waals surface area contributed by atoms with Gasteiger partial charge in [0.15, 0.2) is 6.10 Å². The van der Waals surface area contributed by atoms with Crippen LogP contribution in [0.2, 0.25) is 0 Å². The number of esters is 1. The summed E-state index contributed by atoms with van der Waals surface area (Å²) < 4.78 is 42.3. The van der Waals surface area contributed by atoms with E-state index in [9.17, 15) is 27.6 Å². The van der Waals surface area contributed by atoms with Crippen molar-refractivity contribution in [3.8, 4) is 0 Å². The van der Waals surface area contributed by atoms with Gasteiger partial charge in [0.1, 0.15) is 0 Å². The van der Waals surface area contributed by atoms with Gasteiger partial charge in [-0.1, -0.05) is 26.0 Å². The molecule has 136 valence electrons. The molecule has 1 atom stereocenters. The zero-order valence-electron chi connectivity index (χ0n) is 13.5. The Labute approximate surface area is 141 Å². The zero-order chi connectivity index (χ0) is 19.2. The molecule has 0 spiro atoms. The summed E-state index contributed by atoms with van der Waals surface area (Å²) in [5.41, 5.74) is 4.36. The van der Waals surface area contributed by atoms with Crippen molar-refractivity contribution in [1.29, 1.82) is 0 Å². The van der Waals surface area contributed by atoms with Crippen molar-refractivity contribution in [3.05, 3.63) is 41.5 Å². The van der Waals surface area contributed by atoms with Gasteiger partial charge in [0.2, 0.25) is 0 Å². The molecule has 25 heavy (non-hydrogen) atoms. The fourth-order valence-corrected chi connectivity index (χ4v) is 1.80. The first-order valence-corrected chi connectivity index (χ1v) is 7.17.